The minimum atomic E-state index is 0.210. The third kappa shape index (κ3) is 4.09. The lowest BCUT2D eigenvalue weighted by atomic mass is 10.0. The summed E-state index contributed by atoms with van der Waals surface area (Å²) in [4.78, 5) is 9.54. The molecular formula is C25H28N6. The smallest absolute Gasteiger partial charge is 0.109 e. The van der Waals surface area contributed by atoms with Crippen LogP contribution in [0.25, 0.3) is 16.6 Å². The summed E-state index contributed by atoms with van der Waals surface area (Å²) < 4.78 is 1.92. The Morgan fingerprint density at radius 1 is 0.935 bits per heavy atom. The third-order valence-electron chi connectivity index (χ3n) is 6.20. The number of rotatable bonds is 4. The first-order chi connectivity index (χ1) is 15.1. The third-order valence-corrected chi connectivity index (χ3v) is 6.20. The van der Waals surface area contributed by atoms with Crippen LogP contribution in [0.1, 0.15) is 28.7 Å². The maximum absolute atomic E-state index is 4.68. The van der Waals surface area contributed by atoms with Crippen LogP contribution < -0.4 is 0 Å². The number of aromatic nitrogens is 4. The van der Waals surface area contributed by atoms with Crippen LogP contribution in [-0.2, 0) is 6.54 Å². The molecule has 3 aromatic heterocycles. The van der Waals surface area contributed by atoms with Gasteiger partial charge in [-0.2, -0.15) is 0 Å². The van der Waals surface area contributed by atoms with E-state index in [1.165, 1.54) is 11.1 Å². The van der Waals surface area contributed by atoms with Crippen molar-refractivity contribution < 1.29 is 0 Å². The normalized spacial score (nSPS) is 18.0. The van der Waals surface area contributed by atoms with Gasteiger partial charge in [-0.1, -0.05) is 47.2 Å². The van der Waals surface area contributed by atoms with Gasteiger partial charge in [-0.15, -0.1) is 5.10 Å². The lowest BCUT2D eigenvalue weighted by Gasteiger charge is -2.38. The summed E-state index contributed by atoms with van der Waals surface area (Å²) in [7, 11) is 2.18. The molecule has 0 unspecified atom stereocenters. The molecule has 0 radical (unpaired) electrons. The highest BCUT2D eigenvalue weighted by Gasteiger charge is 2.29. The summed E-state index contributed by atoms with van der Waals surface area (Å²) in [5.74, 6) is 0. The number of likely N-dealkylation sites (N-methyl/N-ethyl adjacent to an activating group) is 1. The standard InChI is InChI=1S/C25H28N6/c1-18-7-9-20(10-8-18)21-11-12-23-25(27-28-31(23)15-21)24-17-30(14-13-29(24)3)16-22-6-4-5-19(2)26-22/h4-12,15,24H,13-14,16-17H2,1-3H3/t24-/m1/s1. The number of benzene rings is 1. The Kier molecular flexibility index (Phi) is 5.26. The fourth-order valence-electron chi connectivity index (χ4n) is 4.35. The number of nitrogens with zero attached hydrogens (tertiary/aromatic N) is 6. The first-order valence-corrected chi connectivity index (χ1v) is 10.8. The highest BCUT2D eigenvalue weighted by Crippen LogP contribution is 2.28. The first kappa shape index (κ1) is 19.8. The van der Waals surface area contributed by atoms with E-state index >= 15 is 0 Å². The highest BCUT2D eigenvalue weighted by atomic mass is 15.4. The SMILES string of the molecule is Cc1ccc(-c2ccc3c([C@H]4CN(Cc5cccc(C)n5)CCN4C)nnn3c2)cc1. The summed E-state index contributed by atoms with van der Waals surface area (Å²) in [6.07, 6.45) is 2.08. The molecular weight excluding hydrogens is 384 g/mol. The van der Waals surface area contributed by atoms with Crippen LogP contribution in [-0.4, -0.2) is 56.3 Å². The summed E-state index contributed by atoms with van der Waals surface area (Å²) in [6.45, 7) is 7.96. The molecule has 6 heteroatoms. The maximum Gasteiger partial charge on any atom is 0.109 e. The summed E-state index contributed by atoms with van der Waals surface area (Å²) in [6, 6.07) is 19.4. The zero-order chi connectivity index (χ0) is 21.4. The molecule has 5 rings (SSSR count). The Morgan fingerprint density at radius 3 is 2.55 bits per heavy atom. The van der Waals surface area contributed by atoms with Gasteiger partial charge in [0.15, 0.2) is 0 Å². The van der Waals surface area contributed by atoms with E-state index in [1.807, 2.05) is 17.5 Å². The fourth-order valence-corrected chi connectivity index (χ4v) is 4.35. The average Bonchev–Trinajstić information content (AvgIpc) is 3.19. The zero-order valence-corrected chi connectivity index (χ0v) is 18.4. The summed E-state index contributed by atoms with van der Waals surface area (Å²) >= 11 is 0. The van der Waals surface area contributed by atoms with Crippen molar-refractivity contribution in [3.05, 3.63) is 83.4 Å². The second-order valence-electron chi connectivity index (χ2n) is 8.59. The van der Waals surface area contributed by atoms with Gasteiger partial charge in [0.05, 0.1) is 17.3 Å². The van der Waals surface area contributed by atoms with E-state index in [0.717, 1.165) is 54.3 Å². The van der Waals surface area contributed by atoms with Crippen LogP contribution in [0.15, 0.2) is 60.8 Å². The minimum absolute atomic E-state index is 0.210. The molecule has 0 spiro atoms. The summed E-state index contributed by atoms with van der Waals surface area (Å²) in [5, 5.41) is 9.06. The Morgan fingerprint density at radius 2 is 1.74 bits per heavy atom. The molecule has 4 heterocycles. The Hall–Kier alpha value is -3.09. The number of piperazine rings is 1. The molecule has 0 N–H and O–H groups in total. The van der Waals surface area contributed by atoms with Gasteiger partial charge in [0, 0.05) is 43.6 Å². The quantitative estimate of drug-likeness (QED) is 0.509. The monoisotopic (exact) mass is 412 g/mol. The van der Waals surface area contributed by atoms with Crippen LogP contribution in [0, 0.1) is 13.8 Å². The van der Waals surface area contributed by atoms with Crippen LogP contribution in [0.4, 0.5) is 0 Å². The van der Waals surface area contributed by atoms with Crippen LogP contribution >= 0.6 is 0 Å². The van der Waals surface area contributed by atoms with E-state index in [-0.39, 0.29) is 6.04 Å². The predicted molar refractivity (Wildman–Crippen MR) is 123 cm³/mol. The average molecular weight is 413 g/mol. The van der Waals surface area contributed by atoms with Crippen molar-refractivity contribution >= 4 is 5.52 Å². The molecule has 1 saturated heterocycles. The van der Waals surface area contributed by atoms with E-state index in [0.29, 0.717) is 0 Å². The van der Waals surface area contributed by atoms with Crippen molar-refractivity contribution in [2.24, 2.45) is 0 Å². The van der Waals surface area contributed by atoms with E-state index in [2.05, 4.69) is 93.8 Å². The fraction of sp³-hybridized carbons (Fsp3) is 0.320. The second kappa shape index (κ2) is 8.21. The van der Waals surface area contributed by atoms with Crippen molar-refractivity contribution in [2.75, 3.05) is 26.7 Å². The molecule has 158 valence electrons. The molecule has 1 atom stereocenters. The number of pyridine rings is 2. The van der Waals surface area contributed by atoms with Gasteiger partial charge in [-0.05, 0) is 44.7 Å². The van der Waals surface area contributed by atoms with Gasteiger partial charge >= 0.3 is 0 Å². The topological polar surface area (TPSA) is 49.6 Å². The molecule has 0 bridgehead atoms. The molecule has 0 saturated carbocycles. The Labute approximate surface area is 183 Å². The van der Waals surface area contributed by atoms with Crippen molar-refractivity contribution in [2.45, 2.75) is 26.4 Å². The van der Waals surface area contributed by atoms with Crippen LogP contribution in [0.3, 0.4) is 0 Å². The predicted octanol–water partition coefficient (Wildman–Crippen LogP) is 3.90. The van der Waals surface area contributed by atoms with Gasteiger partial charge in [-0.25, -0.2) is 4.52 Å². The van der Waals surface area contributed by atoms with Gasteiger partial charge in [0.2, 0.25) is 0 Å². The lowest BCUT2D eigenvalue weighted by Crippen LogP contribution is -2.46. The zero-order valence-electron chi connectivity index (χ0n) is 18.4. The molecule has 0 amide bonds. The second-order valence-corrected chi connectivity index (χ2v) is 8.59. The van der Waals surface area contributed by atoms with Gasteiger partial charge in [0.25, 0.3) is 0 Å². The molecule has 31 heavy (non-hydrogen) atoms. The number of aryl methyl sites for hydroxylation is 2. The highest BCUT2D eigenvalue weighted by molar-refractivity contribution is 5.66. The van der Waals surface area contributed by atoms with Gasteiger partial charge < -0.3 is 0 Å². The largest absolute Gasteiger partial charge is 0.295 e. The van der Waals surface area contributed by atoms with Crippen molar-refractivity contribution in [3.63, 3.8) is 0 Å². The minimum Gasteiger partial charge on any atom is -0.295 e. The molecule has 1 aromatic carbocycles. The van der Waals surface area contributed by atoms with Crippen LogP contribution in [0.2, 0.25) is 0 Å². The lowest BCUT2D eigenvalue weighted by molar-refractivity contribution is 0.0880. The molecule has 1 aliphatic heterocycles. The van der Waals surface area contributed by atoms with Crippen LogP contribution in [0.5, 0.6) is 0 Å². The number of hydrogen-bond donors (Lipinski definition) is 0. The number of hydrogen-bond acceptors (Lipinski definition) is 5. The molecule has 4 aromatic rings. The van der Waals surface area contributed by atoms with Crippen molar-refractivity contribution in [1.29, 1.82) is 0 Å². The Bertz CT molecular complexity index is 1200. The van der Waals surface area contributed by atoms with E-state index < -0.39 is 0 Å². The van der Waals surface area contributed by atoms with E-state index in [1.54, 1.807) is 0 Å². The Balaban J connectivity index is 1.40. The van der Waals surface area contributed by atoms with Crippen molar-refractivity contribution in [3.8, 4) is 11.1 Å². The van der Waals surface area contributed by atoms with Gasteiger partial charge in [0.1, 0.15) is 5.69 Å². The molecule has 1 fully saturated rings. The number of fused-ring (bicyclic) bond motifs is 1. The van der Waals surface area contributed by atoms with Crippen molar-refractivity contribution in [1.82, 2.24) is 29.6 Å². The molecule has 1 aliphatic rings. The molecule has 0 aliphatic carbocycles. The summed E-state index contributed by atoms with van der Waals surface area (Å²) in [5.41, 5.74) is 7.90. The first-order valence-electron chi connectivity index (χ1n) is 10.8. The van der Waals surface area contributed by atoms with E-state index in [4.69, 9.17) is 0 Å². The molecule has 6 nitrogen and oxygen atoms in total. The van der Waals surface area contributed by atoms with E-state index in [9.17, 15) is 0 Å². The van der Waals surface area contributed by atoms with Gasteiger partial charge in [-0.3, -0.25) is 14.8 Å². The maximum atomic E-state index is 4.68.